The number of rotatable bonds is 1. The van der Waals surface area contributed by atoms with E-state index in [0.29, 0.717) is 28.7 Å². The normalized spacial score (nSPS) is 20.1. The quantitative estimate of drug-likeness (QED) is 0.747. The van der Waals surface area contributed by atoms with Gasteiger partial charge in [0, 0.05) is 23.1 Å². The van der Waals surface area contributed by atoms with Gasteiger partial charge in [-0.25, -0.2) is 0 Å². The van der Waals surface area contributed by atoms with Gasteiger partial charge in [-0.3, -0.25) is 19.6 Å². The van der Waals surface area contributed by atoms with Crippen molar-refractivity contribution in [2.24, 2.45) is 0 Å². The van der Waals surface area contributed by atoms with Gasteiger partial charge in [-0.2, -0.15) is 0 Å². The monoisotopic (exact) mass is 298 g/mol. The number of carbonyl (C=O) groups excluding carboxylic acids is 2. The van der Waals surface area contributed by atoms with Gasteiger partial charge in [0.15, 0.2) is 0 Å². The molecular formula is C13H12Cl2N2O2. The molecule has 1 aromatic rings. The van der Waals surface area contributed by atoms with Crippen molar-refractivity contribution in [2.75, 3.05) is 13.1 Å². The van der Waals surface area contributed by atoms with E-state index in [4.69, 9.17) is 23.2 Å². The van der Waals surface area contributed by atoms with Crippen LogP contribution in [0.1, 0.15) is 24.3 Å². The van der Waals surface area contributed by atoms with Crippen LogP contribution in [0.25, 0.3) is 0 Å². The maximum Gasteiger partial charge on any atom is 0.258 e. The molecule has 1 aromatic carbocycles. The number of nitrogens with zero attached hydrogens (tertiary/aromatic N) is 2. The molecule has 0 aliphatic carbocycles. The highest BCUT2D eigenvalue weighted by Crippen LogP contribution is 2.35. The minimum absolute atomic E-state index is 0.186. The van der Waals surface area contributed by atoms with Gasteiger partial charge < -0.3 is 0 Å². The molecular weight excluding hydrogens is 287 g/mol. The average molecular weight is 299 g/mol. The fraction of sp³-hybridized carbons (Fsp3) is 0.385. The number of hydrogen-bond acceptors (Lipinski definition) is 2. The summed E-state index contributed by atoms with van der Waals surface area (Å²) in [5.41, 5.74) is 0.537. The average Bonchev–Trinajstić information content (AvgIpc) is 2.64. The minimum atomic E-state index is -0.817. The summed E-state index contributed by atoms with van der Waals surface area (Å²) in [4.78, 5) is 24.7. The van der Waals surface area contributed by atoms with Crippen molar-refractivity contribution in [2.45, 2.75) is 18.8 Å². The predicted molar refractivity (Wildman–Crippen MR) is 71.9 cm³/mol. The standard InChI is InChI=1S/C13H12Cl2N2O2/c14-8-3-4-9(10(15)7-8)11-12(18)16-5-1-2-6-17(16)13(11)19/h3-4,7,11H,1-2,5-6H2. The van der Waals surface area contributed by atoms with Crippen molar-refractivity contribution in [3.63, 3.8) is 0 Å². The molecule has 0 bridgehead atoms. The Morgan fingerprint density at radius 2 is 1.58 bits per heavy atom. The number of hydrazine groups is 1. The summed E-state index contributed by atoms with van der Waals surface area (Å²) >= 11 is 12.0. The molecule has 0 spiro atoms. The van der Waals surface area contributed by atoms with E-state index in [1.807, 2.05) is 0 Å². The smallest absolute Gasteiger partial charge is 0.258 e. The number of halogens is 2. The molecule has 6 heteroatoms. The summed E-state index contributed by atoms with van der Waals surface area (Å²) in [6.45, 7) is 1.21. The molecule has 4 nitrogen and oxygen atoms in total. The Morgan fingerprint density at radius 3 is 2.11 bits per heavy atom. The molecule has 3 rings (SSSR count). The Bertz CT molecular complexity index is 538. The lowest BCUT2D eigenvalue weighted by atomic mass is 9.98. The van der Waals surface area contributed by atoms with Crippen LogP contribution >= 0.6 is 23.2 Å². The molecule has 19 heavy (non-hydrogen) atoms. The van der Waals surface area contributed by atoms with E-state index in [1.165, 1.54) is 0 Å². The third-order valence-corrected chi connectivity index (χ3v) is 4.12. The molecule has 0 unspecified atom stereocenters. The minimum Gasteiger partial charge on any atom is -0.272 e. The summed E-state index contributed by atoms with van der Waals surface area (Å²) in [5.74, 6) is -1.19. The van der Waals surface area contributed by atoms with Gasteiger partial charge >= 0.3 is 0 Å². The van der Waals surface area contributed by atoms with Crippen LogP contribution in [0.15, 0.2) is 18.2 Å². The second-order valence-corrected chi connectivity index (χ2v) is 5.57. The SMILES string of the molecule is O=C1C(c2ccc(Cl)cc2Cl)C(=O)N2CCCCN12. The molecule has 0 aromatic heterocycles. The number of fused-ring (bicyclic) bond motifs is 1. The van der Waals surface area contributed by atoms with E-state index in [2.05, 4.69) is 0 Å². The molecule has 2 aliphatic heterocycles. The lowest BCUT2D eigenvalue weighted by Crippen LogP contribution is -2.45. The molecule has 100 valence electrons. The fourth-order valence-electron chi connectivity index (χ4n) is 2.63. The molecule has 2 fully saturated rings. The van der Waals surface area contributed by atoms with E-state index in [0.717, 1.165) is 12.8 Å². The molecule has 2 aliphatic rings. The van der Waals surface area contributed by atoms with Gasteiger partial charge in [0.1, 0.15) is 5.92 Å². The first-order chi connectivity index (χ1) is 9.09. The van der Waals surface area contributed by atoms with E-state index in [9.17, 15) is 9.59 Å². The molecule has 2 amide bonds. The van der Waals surface area contributed by atoms with Crippen LogP contribution in [0.3, 0.4) is 0 Å². The lowest BCUT2D eigenvalue weighted by molar-refractivity contribution is -0.150. The molecule has 2 saturated heterocycles. The number of benzene rings is 1. The molecule has 0 N–H and O–H groups in total. The highest BCUT2D eigenvalue weighted by atomic mass is 35.5. The van der Waals surface area contributed by atoms with Crippen molar-refractivity contribution in [3.05, 3.63) is 33.8 Å². The second-order valence-electron chi connectivity index (χ2n) is 4.73. The highest BCUT2D eigenvalue weighted by Gasteiger charge is 2.47. The zero-order valence-electron chi connectivity index (χ0n) is 10.1. The Labute approximate surface area is 120 Å². The topological polar surface area (TPSA) is 40.6 Å². The highest BCUT2D eigenvalue weighted by molar-refractivity contribution is 6.35. The number of hydrogen-bond donors (Lipinski definition) is 0. The molecule has 0 atom stereocenters. The molecule has 0 saturated carbocycles. The first-order valence-electron chi connectivity index (χ1n) is 6.17. The summed E-state index contributed by atoms with van der Waals surface area (Å²) in [7, 11) is 0. The van der Waals surface area contributed by atoms with Crippen LogP contribution in [0.4, 0.5) is 0 Å². The molecule has 0 radical (unpaired) electrons. The Kier molecular flexibility index (Phi) is 3.15. The largest absolute Gasteiger partial charge is 0.272 e. The van der Waals surface area contributed by atoms with Crippen molar-refractivity contribution in [3.8, 4) is 0 Å². The summed E-state index contributed by atoms with van der Waals surface area (Å²) in [5, 5.41) is 3.94. The zero-order valence-corrected chi connectivity index (χ0v) is 11.6. The summed E-state index contributed by atoms with van der Waals surface area (Å²) < 4.78 is 0. The number of carbonyl (C=O) groups is 2. The van der Waals surface area contributed by atoms with Crippen molar-refractivity contribution >= 4 is 35.0 Å². The van der Waals surface area contributed by atoms with Crippen LogP contribution in [0, 0.1) is 0 Å². The Hall–Kier alpha value is -1.26. The van der Waals surface area contributed by atoms with E-state index in [-0.39, 0.29) is 11.8 Å². The maximum absolute atomic E-state index is 12.4. The van der Waals surface area contributed by atoms with Gasteiger partial charge in [-0.15, -0.1) is 0 Å². The lowest BCUT2D eigenvalue weighted by Gasteiger charge is -2.31. The van der Waals surface area contributed by atoms with Gasteiger partial charge in [0.2, 0.25) is 0 Å². The fourth-order valence-corrected chi connectivity index (χ4v) is 3.15. The maximum atomic E-state index is 12.4. The number of amides is 2. The van der Waals surface area contributed by atoms with Crippen molar-refractivity contribution in [1.82, 2.24) is 10.0 Å². The Morgan fingerprint density at radius 1 is 1.00 bits per heavy atom. The van der Waals surface area contributed by atoms with Gasteiger partial charge in [-0.1, -0.05) is 29.3 Å². The summed E-state index contributed by atoms with van der Waals surface area (Å²) in [6, 6.07) is 4.87. The Balaban J connectivity index is 2.00. The zero-order chi connectivity index (χ0) is 13.6. The van der Waals surface area contributed by atoms with Gasteiger partial charge in [0.05, 0.1) is 0 Å². The van der Waals surface area contributed by atoms with Crippen LogP contribution in [0.2, 0.25) is 10.0 Å². The second kappa shape index (κ2) is 4.69. The van der Waals surface area contributed by atoms with Gasteiger partial charge in [0.25, 0.3) is 11.8 Å². The third kappa shape index (κ3) is 1.99. The van der Waals surface area contributed by atoms with Crippen LogP contribution in [-0.4, -0.2) is 34.9 Å². The van der Waals surface area contributed by atoms with Crippen LogP contribution in [-0.2, 0) is 9.59 Å². The first kappa shape index (κ1) is 12.8. The van der Waals surface area contributed by atoms with Gasteiger partial charge in [-0.05, 0) is 30.5 Å². The van der Waals surface area contributed by atoms with Crippen molar-refractivity contribution < 1.29 is 9.59 Å². The summed E-state index contributed by atoms with van der Waals surface area (Å²) in [6.07, 6.45) is 1.85. The van der Waals surface area contributed by atoms with E-state index < -0.39 is 5.92 Å². The van der Waals surface area contributed by atoms with E-state index >= 15 is 0 Å². The first-order valence-corrected chi connectivity index (χ1v) is 6.93. The van der Waals surface area contributed by atoms with Crippen LogP contribution in [0.5, 0.6) is 0 Å². The van der Waals surface area contributed by atoms with Crippen molar-refractivity contribution in [1.29, 1.82) is 0 Å². The molecule has 2 heterocycles. The third-order valence-electron chi connectivity index (χ3n) is 3.56. The van der Waals surface area contributed by atoms with E-state index in [1.54, 1.807) is 28.2 Å². The predicted octanol–water partition coefficient (Wildman–Crippen LogP) is 2.46. The van der Waals surface area contributed by atoms with Crippen LogP contribution < -0.4 is 0 Å².